The Morgan fingerprint density at radius 2 is 1.82 bits per heavy atom. The molecule has 166 valence electrons. The van der Waals surface area contributed by atoms with E-state index >= 15 is 0 Å². The van der Waals surface area contributed by atoms with Crippen LogP contribution in [0.25, 0.3) is 28.1 Å². The average molecular weight is 481 g/mol. The molecule has 1 aromatic heterocycles. The topological polar surface area (TPSA) is 66.0 Å². The quantitative estimate of drug-likeness (QED) is 0.169. The van der Waals surface area contributed by atoms with Crippen LogP contribution in [0.4, 0.5) is 4.39 Å². The van der Waals surface area contributed by atoms with Crippen LogP contribution in [0, 0.1) is 5.82 Å². The second-order valence-electron chi connectivity index (χ2n) is 7.38. The van der Waals surface area contributed by atoms with Gasteiger partial charge in [-0.2, -0.15) is 5.10 Å². The molecule has 0 saturated carbocycles. The van der Waals surface area contributed by atoms with Crippen LogP contribution < -0.4 is 0 Å². The Balaban J connectivity index is 1.95. The van der Waals surface area contributed by atoms with E-state index in [2.05, 4.69) is 10.2 Å². The van der Waals surface area contributed by atoms with Crippen LogP contribution in [0.2, 0.25) is 5.02 Å². The highest BCUT2D eigenvalue weighted by Gasteiger charge is 2.17. The van der Waals surface area contributed by atoms with Crippen molar-refractivity contribution in [2.75, 3.05) is 5.88 Å². The number of hydrogen-bond acceptors (Lipinski definition) is 2. The van der Waals surface area contributed by atoms with Gasteiger partial charge in [0.25, 0.3) is 0 Å². The van der Waals surface area contributed by atoms with Gasteiger partial charge in [-0.15, -0.1) is 11.6 Å². The molecule has 2 N–H and O–H groups in total. The molecular weight excluding hydrogens is 462 g/mol. The van der Waals surface area contributed by atoms with E-state index < -0.39 is 11.8 Å². The molecule has 4 aromatic rings. The molecule has 0 aliphatic carbocycles. The predicted molar refractivity (Wildman–Crippen MR) is 132 cm³/mol. The van der Waals surface area contributed by atoms with Crippen LogP contribution in [0.15, 0.2) is 72.9 Å². The average Bonchev–Trinajstić information content (AvgIpc) is 3.26. The third kappa shape index (κ3) is 5.16. The summed E-state index contributed by atoms with van der Waals surface area (Å²) >= 11 is 12.6. The SMILES string of the molecule is O=C(O)C=Cc1ccc(/C(=C(/CCCl)c2ccc(F)cc2Cl)c2ccc3[nH]ncc3c2)cc1. The predicted octanol–water partition coefficient (Wildman–Crippen LogP) is 7.04. The molecule has 0 spiro atoms. The van der Waals surface area contributed by atoms with E-state index in [-0.39, 0.29) is 0 Å². The van der Waals surface area contributed by atoms with E-state index in [1.807, 2.05) is 42.5 Å². The molecule has 4 rings (SSSR count). The van der Waals surface area contributed by atoms with Crippen LogP contribution in [-0.4, -0.2) is 27.2 Å². The third-order valence-corrected chi connectivity index (χ3v) is 5.75. The molecule has 0 aliphatic rings. The zero-order valence-electron chi connectivity index (χ0n) is 17.4. The largest absolute Gasteiger partial charge is 0.478 e. The molecule has 0 radical (unpaired) electrons. The van der Waals surface area contributed by atoms with Crippen LogP contribution in [-0.2, 0) is 4.79 Å². The highest BCUT2D eigenvalue weighted by Crippen LogP contribution is 2.38. The summed E-state index contributed by atoms with van der Waals surface area (Å²) in [6.45, 7) is 0. The second-order valence-corrected chi connectivity index (χ2v) is 8.17. The van der Waals surface area contributed by atoms with Crippen molar-refractivity contribution in [1.82, 2.24) is 10.2 Å². The molecule has 0 saturated heterocycles. The Labute approximate surface area is 200 Å². The zero-order chi connectivity index (χ0) is 23.4. The summed E-state index contributed by atoms with van der Waals surface area (Å²) in [5.41, 5.74) is 5.98. The normalized spacial score (nSPS) is 12.3. The number of fused-ring (bicyclic) bond motifs is 1. The molecular formula is C26H19Cl2FN2O2. The number of rotatable bonds is 7. The second kappa shape index (κ2) is 10.0. The van der Waals surface area contributed by atoms with E-state index in [0.29, 0.717) is 22.9 Å². The van der Waals surface area contributed by atoms with Gasteiger partial charge in [0.2, 0.25) is 0 Å². The summed E-state index contributed by atoms with van der Waals surface area (Å²) in [6, 6.07) is 17.8. The Morgan fingerprint density at radius 1 is 1.06 bits per heavy atom. The monoisotopic (exact) mass is 480 g/mol. The van der Waals surface area contributed by atoms with Gasteiger partial charge in [-0.05, 0) is 70.2 Å². The van der Waals surface area contributed by atoms with Crippen molar-refractivity contribution < 1.29 is 14.3 Å². The number of carboxylic acid groups (broad SMARTS) is 1. The summed E-state index contributed by atoms with van der Waals surface area (Å²) in [6.07, 6.45) is 4.88. The molecule has 0 amide bonds. The standard InChI is InChI=1S/C26H19Cl2FN2O2/c27-12-11-22(21-8-7-20(29)14-23(21)28)26(18-6-9-24-19(13-18)15-30-31-24)17-4-1-16(2-5-17)3-10-25(32)33/h1-10,13-15H,11-12H2,(H,30,31)(H,32,33)/b10-3?,26-22+. The number of aliphatic carboxylic acids is 1. The van der Waals surface area contributed by atoms with Crippen LogP contribution in [0.3, 0.4) is 0 Å². The first-order valence-electron chi connectivity index (χ1n) is 10.2. The van der Waals surface area contributed by atoms with Gasteiger partial charge in [0.1, 0.15) is 5.82 Å². The number of aromatic amines is 1. The van der Waals surface area contributed by atoms with Gasteiger partial charge in [-0.1, -0.05) is 48.0 Å². The number of halogens is 3. The van der Waals surface area contributed by atoms with Gasteiger partial charge < -0.3 is 5.11 Å². The number of H-pyrrole nitrogens is 1. The minimum Gasteiger partial charge on any atom is -0.478 e. The Morgan fingerprint density at radius 3 is 2.52 bits per heavy atom. The first kappa shape index (κ1) is 22.8. The molecule has 4 nitrogen and oxygen atoms in total. The fourth-order valence-corrected chi connectivity index (χ4v) is 4.24. The fourth-order valence-electron chi connectivity index (χ4n) is 3.76. The van der Waals surface area contributed by atoms with E-state index in [4.69, 9.17) is 28.3 Å². The van der Waals surface area contributed by atoms with Crippen molar-refractivity contribution in [1.29, 1.82) is 0 Å². The molecule has 0 atom stereocenters. The van der Waals surface area contributed by atoms with Crippen molar-refractivity contribution in [3.05, 3.63) is 106 Å². The number of benzene rings is 3. The number of nitrogens with one attached hydrogen (secondary N) is 1. The number of allylic oxidation sites excluding steroid dienone is 1. The van der Waals surface area contributed by atoms with Gasteiger partial charge in [0, 0.05) is 17.3 Å². The third-order valence-electron chi connectivity index (χ3n) is 5.25. The number of aromatic nitrogens is 2. The Bertz CT molecular complexity index is 1370. The molecule has 3 aromatic carbocycles. The Kier molecular flexibility index (Phi) is 6.92. The molecule has 7 heteroatoms. The maximum atomic E-state index is 13.8. The lowest BCUT2D eigenvalue weighted by atomic mass is 9.87. The van der Waals surface area contributed by atoms with Crippen molar-refractivity contribution >= 4 is 57.3 Å². The van der Waals surface area contributed by atoms with Gasteiger partial charge in [0.05, 0.1) is 16.7 Å². The van der Waals surface area contributed by atoms with E-state index in [9.17, 15) is 9.18 Å². The molecule has 0 aliphatic heterocycles. The van der Waals surface area contributed by atoms with Crippen molar-refractivity contribution in [3.8, 4) is 0 Å². The number of alkyl halides is 1. The molecule has 33 heavy (non-hydrogen) atoms. The summed E-state index contributed by atoms with van der Waals surface area (Å²) < 4.78 is 13.8. The summed E-state index contributed by atoms with van der Waals surface area (Å²) in [5, 5.41) is 17.2. The van der Waals surface area contributed by atoms with Crippen molar-refractivity contribution in [3.63, 3.8) is 0 Å². The van der Waals surface area contributed by atoms with Gasteiger partial charge in [-0.25, -0.2) is 9.18 Å². The van der Waals surface area contributed by atoms with Crippen LogP contribution >= 0.6 is 23.2 Å². The maximum absolute atomic E-state index is 13.8. The minimum absolute atomic E-state index is 0.304. The summed E-state index contributed by atoms with van der Waals surface area (Å²) in [7, 11) is 0. The zero-order valence-corrected chi connectivity index (χ0v) is 18.9. The summed E-state index contributed by atoms with van der Waals surface area (Å²) in [4.78, 5) is 10.8. The highest BCUT2D eigenvalue weighted by molar-refractivity contribution is 6.33. The molecule has 0 fully saturated rings. The summed E-state index contributed by atoms with van der Waals surface area (Å²) in [5.74, 6) is -1.08. The molecule has 1 heterocycles. The smallest absolute Gasteiger partial charge is 0.328 e. The number of carbonyl (C=O) groups is 1. The lowest BCUT2D eigenvalue weighted by Crippen LogP contribution is -1.98. The van der Waals surface area contributed by atoms with E-state index in [1.54, 1.807) is 12.3 Å². The van der Waals surface area contributed by atoms with Crippen molar-refractivity contribution in [2.24, 2.45) is 0 Å². The van der Waals surface area contributed by atoms with Gasteiger partial charge in [0.15, 0.2) is 0 Å². The van der Waals surface area contributed by atoms with Crippen LogP contribution in [0.5, 0.6) is 0 Å². The van der Waals surface area contributed by atoms with Gasteiger partial charge >= 0.3 is 5.97 Å². The van der Waals surface area contributed by atoms with Crippen LogP contribution in [0.1, 0.15) is 28.7 Å². The van der Waals surface area contributed by atoms with Gasteiger partial charge in [-0.3, -0.25) is 5.10 Å². The highest BCUT2D eigenvalue weighted by atomic mass is 35.5. The first-order valence-corrected chi connectivity index (χ1v) is 11.1. The Hall–Kier alpha value is -3.41. The minimum atomic E-state index is -1.01. The van der Waals surface area contributed by atoms with E-state index in [0.717, 1.165) is 44.8 Å². The first-order chi connectivity index (χ1) is 16.0. The lowest BCUT2D eigenvalue weighted by Gasteiger charge is -2.18. The lowest BCUT2D eigenvalue weighted by molar-refractivity contribution is -0.131. The molecule has 0 unspecified atom stereocenters. The van der Waals surface area contributed by atoms with Crippen molar-refractivity contribution in [2.45, 2.75) is 6.42 Å². The number of carboxylic acids is 1. The molecule has 0 bridgehead atoms. The number of nitrogens with zero attached hydrogens (tertiary/aromatic N) is 1. The maximum Gasteiger partial charge on any atom is 0.328 e. The van der Waals surface area contributed by atoms with E-state index in [1.165, 1.54) is 18.2 Å². The number of hydrogen-bond donors (Lipinski definition) is 2. The fraction of sp³-hybridized carbons (Fsp3) is 0.0769.